The van der Waals surface area contributed by atoms with Crippen molar-refractivity contribution < 1.29 is 9.53 Å². The maximum atomic E-state index is 12.7. The second-order valence-electron chi connectivity index (χ2n) is 7.14. The van der Waals surface area contributed by atoms with Crippen LogP contribution in [0.3, 0.4) is 0 Å². The van der Waals surface area contributed by atoms with Crippen molar-refractivity contribution in [3.8, 4) is 5.88 Å². The third-order valence-electron chi connectivity index (χ3n) is 4.96. The fraction of sp³-hybridized carbons (Fsp3) is 0.722. The van der Waals surface area contributed by atoms with Crippen LogP contribution in [-0.2, 0) is 4.79 Å². The molecule has 1 amide bonds. The molecule has 1 aromatic rings. The molecule has 2 fully saturated rings. The molecule has 6 heteroatoms. The monoisotopic (exact) mass is 332 g/mol. The maximum Gasteiger partial charge on any atom is 0.226 e. The second kappa shape index (κ2) is 7.47. The van der Waals surface area contributed by atoms with Gasteiger partial charge in [-0.05, 0) is 40.3 Å². The number of nitrogens with zero attached hydrogens (tertiary/aromatic N) is 4. The van der Waals surface area contributed by atoms with Gasteiger partial charge in [0.2, 0.25) is 11.8 Å². The SMILES string of the molecule is Cc1cc(OC2CCN(C(=O)C3CCCN(C)C3)CC2)nc(C)n1. The van der Waals surface area contributed by atoms with E-state index in [0.717, 1.165) is 63.4 Å². The molecule has 1 unspecified atom stereocenters. The van der Waals surface area contributed by atoms with Crippen LogP contribution in [0.2, 0.25) is 0 Å². The first-order valence-corrected chi connectivity index (χ1v) is 8.97. The van der Waals surface area contributed by atoms with Crippen molar-refractivity contribution >= 4 is 5.91 Å². The van der Waals surface area contributed by atoms with E-state index in [1.54, 1.807) is 0 Å². The van der Waals surface area contributed by atoms with Gasteiger partial charge >= 0.3 is 0 Å². The molecule has 2 aliphatic rings. The van der Waals surface area contributed by atoms with Crippen molar-refractivity contribution in [2.45, 2.75) is 45.6 Å². The minimum Gasteiger partial charge on any atom is -0.474 e. The van der Waals surface area contributed by atoms with Crippen LogP contribution in [-0.4, -0.2) is 65.0 Å². The summed E-state index contributed by atoms with van der Waals surface area (Å²) in [5, 5.41) is 0. The van der Waals surface area contributed by atoms with E-state index in [2.05, 4.69) is 21.9 Å². The summed E-state index contributed by atoms with van der Waals surface area (Å²) in [5.74, 6) is 1.89. The summed E-state index contributed by atoms with van der Waals surface area (Å²) in [6.45, 7) is 7.40. The molecule has 6 nitrogen and oxygen atoms in total. The van der Waals surface area contributed by atoms with Crippen molar-refractivity contribution in [2.75, 3.05) is 33.2 Å². The third-order valence-corrected chi connectivity index (χ3v) is 4.96. The number of likely N-dealkylation sites (tertiary alicyclic amines) is 2. The van der Waals surface area contributed by atoms with Gasteiger partial charge in [0.25, 0.3) is 0 Å². The van der Waals surface area contributed by atoms with E-state index in [0.29, 0.717) is 11.8 Å². The molecule has 24 heavy (non-hydrogen) atoms. The van der Waals surface area contributed by atoms with Gasteiger partial charge in [-0.25, -0.2) is 4.98 Å². The average molecular weight is 332 g/mol. The summed E-state index contributed by atoms with van der Waals surface area (Å²) in [6.07, 6.45) is 4.03. The van der Waals surface area contributed by atoms with Crippen molar-refractivity contribution in [3.63, 3.8) is 0 Å². The molecular formula is C18H28N4O2. The fourth-order valence-corrected chi connectivity index (χ4v) is 3.73. The predicted octanol–water partition coefficient (Wildman–Crippen LogP) is 1.81. The molecule has 2 aliphatic heterocycles. The lowest BCUT2D eigenvalue weighted by molar-refractivity contribution is -0.139. The van der Waals surface area contributed by atoms with E-state index in [1.807, 2.05) is 24.8 Å². The largest absolute Gasteiger partial charge is 0.474 e. The van der Waals surface area contributed by atoms with Gasteiger partial charge in [0, 0.05) is 44.2 Å². The molecule has 3 rings (SSSR count). The Morgan fingerprint density at radius 2 is 1.92 bits per heavy atom. The lowest BCUT2D eigenvalue weighted by Gasteiger charge is -2.36. The Bertz CT molecular complexity index is 564. The molecule has 132 valence electrons. The number of piperidine rings is 2. The van der Waals surface area contributed by atoms with Gasteiger partial charge < -0.3 is 14.5 Å². The zero-order valence-corrected chi connectivity index (χ0v) is 15.0. The Morgan fingerprint density at radius 3 is 2.58 bits per heavy atom. The number of aromatic nitrogens is 2. The number of amides is 1. The quantitative estimate of drug-likeness (QED) is 0.845. The van der Waals surface area contributed by atoms with Crippen LogP contribution in [0.5, 0.6) is 5.88 Å². The standard InChI is InChI=1S/C18H28N4O2/c1-13-11-17(20-14(2)19-13)24-16-6-9-22(10-7-16)18(23)15-5-4-8-21(3)12-15/h11,15-16H,4-10,12H2,1-3H3. The first-order valence-electron chi connectivity index (χ1n) is 8.97. The molecule has 0 radical (unpaired) electrons. The van der Waals surface area contributed by atoms with Crippen LogP contribution in [0.25, 0.3) is 0 Å². The van der Waals surface area contributed by atoms with E-state index in [4.69, 9.17) is 4.74 Å². The summed E-state index contributed by atoms with van der Waals surface area (Å²) in [5.41, 5.74) is 0.923. The summed E-state index contributed by atoms with van der Waals surface area (Å²) < 4.78 is 6.01. The Kier molecular flexibility index (Phi) is 5.33. The van der Waals surface area contributed by atoms with Crippen LogP contribution in [0.1, 0.15) is 37.2 Å². The molecule has 0 N–H and O–H groups in total. The number of hydrogen-bond donors (Lipinski definition) is 0. The highest BCUT2D eigenvalue weighted by Gasteiger charge is 2.31. The summed E-state index contributed by atoms with van der Waals surface area (Å²) >= 11 is 0. The molecule has 0 saturated carbocycles. The second-order valence-corrected chi connectivity index (χ2v) is 7.14. The molecule has 0 aliphatic carbocycles. The third kappa shape index (κ3) is 4.23. The smallest absolute Gasteiger partial charge is 0.226 e. The highest BCUT2D eigenvalue weighted by atomic mass is 16.5. The summed E-state index contributed by atoms with van der Waals surface area (Å²) in [6, 6.07) is 1.88. The van der Waals surface area contributed by atoms with Gasteiger partial charge in [-0.3, -0.25) is 4.79 Å². The van der Waals surface area contributed by atoms with Gasteiger partial charge in [0.15, 0.2) is 0 Å². The molecule has 1 aromatic heterocycles. The van der Waals surface area contributed by atoms with Gasteiger partial charge in [-0.2, -0.15) is 4.98 Å². The Labute approximate surface area is 144 Å². The molecule has 3 heterocycles. The molecule has 0 bridgehead atoms. The zero-order valence-electron chi connectivity index (χ0n) is 15.0. The van der Waals surface area contributed by atoms with Gasteiger partial charge in [-0.15, -0.1) is 0 Å². The van der Waals surface area contributed by atoms with E-state index in [1.165, 1.54) is 0 Å². The van der Waals surface area contributed by atoms with E-state index >= 15 is 0 Å². The van der Waals surface area contributed by atoms with Crippen molar-refractivity contribution in [2.24, 2.45) is 5.92 Å². The lowest BCUT2D eigenvalue weighted by Crippen LogP contribution is -2.47. The van der Waals surface area contributed by atoms with Gasteiger partial charge in [0.05, 0.1) is 5.92 Å². The highest BCUT2D eigenvalue weighted by molar-refractivity contribution is 5.79. The van der Waals surface area contributed by atoms with Crippen molar-refractivity contribution in [1.82, 2.24) is 19.8 Å². The number of rotatable bonds is 3. The van der Waals surface area contributed by atoms with Crippen molar-refractivity contribution in [1.29, 1.82) is 0 Å². The first-order chi connectivity index (χ1) is 11.5. The number of carbonyl (C=O) groups is 1. The van der Waals surface area contributed by atoms with Crippen LogP contribution >= 0.6 is 0 Å². The highest BCUT2D eigenvalue weighted by Crippen LogP contribution is 2.22. The van der Waals surface area contributed by atoms with Crippen LogP contribution in [0, 0.1) is 19.8 Å². The Morgan fingerprint density at radius 1 is 1.17 bits per heavy atom. The van der Waals surface area contributed by atoms with Gasteiger partial charge in [0.1, 0.15) is 11.9 Å². The molecular weight excluding hydrogens is 304 g/mol. The topological polar surface area (TPSA) is 58.6 Å². The number of hydrogen-bond acceptors (Lipinski definition) is 5. The summed E-state index contributed by atoms with van der Waals surface area (Å²) in [7, 11) is 2.10. The van der Waals surface area contributed by atoms with Crippen LogP contribution < -0.4 is 4.74 Å². The normalized spacial score (nSPS) is 23.3. The first kappa shape index (κ1) is 17.1. The van der Waals surface area contributed by atoms with Crippen LogP contribution in [0.15, 0.2) is 6.07 Å². The molecule has 1 atom stereocenters. The molecule has 2 saturated heterocycles. The predicted molar refractivity (Wildman–Crippen MR) is 92.0 cm³/mol. The average Bonchev–Trinajstić information content (AvgIpc) is 2.54. The zero-order chi connectivity index (χ0) is 17.1. The maximum absolute atomic E-state index is 12.7. The van der Waals surface area contributed by atoms with E-state index in [-0.39, 0.29) is 12.0 Å². The summed E-state index contributed by atoms with van der Waals surface area (Å²) in [4.78, 5) is 25.6. The number of aryl methyl sites for hydroxylation is 2. The Hall–Kier alpha value is -1.69. The molecule has 0 aromatic carbocycles. The number of carbonyl (C=O) groups excluding carboxylic acids is 1. The van der Waals surface area contributed by atoms with E-state index in [9.17, 15) is 4.79 Å². The van der Waals surface area contributed by atoms with Crippen molar-refractivity contribution in [3.05, 3.63) is 17.6 Å². The molecule has 0 spiro atoms. The Balaban J connectivity index is 1.51. The fourth-order valence-electron chi connectivity index (χ4n) is 3.73. The number of ether oxygens (including phenoxy) is 1. The van der Waals surface area contributed by atoms with Crippen LogP contribution in [0.4, 0.5) is 0 Å². The lowest BCUT2D eigenvalue weighted by atomic mass is 9.95. The minimum absolute atomic E-state index is 0.136. The minimum atomic E-state index is 0.136. The van der Waals surface area contributed by atoms with Gasteiger partial charge in [-0.1, -0.05) is 0 Å². The van der Waals surface area contributed by atoms with E-state index < -0.39 is 0 Å².